The normalized spacial score (nSPS) is 24.0. The molecule has 0 saturated carbocycles. The molecule has 2 saturated heterocycles. The van der Waals surface area contributed by atoms with Crippen LogP contribution in [0.3, 0.4) is 0 Å². The second-order valence-electron chi connectivity index (χ2n) is 6.93. The van der Waals surface area contributed by atoms with Crippen LogP contribution in [0.4, 0.5) is 0 Å². The first kappa shape index (κ1) is 18.2. The number of pyridine rings is 1. The Morgan fingerprint density at radius 1 is 1.28 bits per heavy atom. The van der Waals surface area contributed by atoms with Crippen LogP contribution >= 0.6 is 11.8 Å². The van der Waals surface area contributed by atoms with Crippen molar-refractivity contribution in [3.8, 4) is 0 Å². The largest absolute Gasteiger partial charge is 0.395 e. The van der Waals surface area contributed by atoms with Crippen LogP contribution in [0.5, 0.6) is 0 Å². The maximum Gasteiger partial charge on any atom is 0.232 e. The van der Waals surface area contributed by atoms with Gasteiger partial charge in [0.1, 0.15) is 0 Å². The SMILES string of the molecule is O=C1CC[C@]2(CCCN(C(=O)CSc3ccncc3)C2)CN1CCO. The quantitative estimate of drug-likeness (QED) is 0.801. The lowest BCUT2D eigenvalue weighted by molar-refractivity contribution is -0.142. The summed E-state index contributed by atoms with van der Waals surface area (Å²) in [6.07, 6.45) is 6.86. The summed E-state index contributed by atoms with van der Waals surface area (Å²) in [5.74, 6) is 0.710. The molecule has 1 spiro atoms. The van der Waals surface area contributed by atoms with E-state index in [2.05, 4.69) is 4.98 Å². The van der Waals surface area contributed by atoms with Gasteiger partial charge < -0.3 is 14.9 Å². The Kier molecular flexibility index (Phi) is 5.96. The molecule has 1 aromatic rings. The van der Waals surface area contributed by atoms with Crippen molar-refractivity contribution in [3.05, 3.63) is 24.5 Å². The molecule has 0 aliphatic carbocycles. The van der Waals surface area contributed by atoms with Crippen LogP contribution in [0.25, 0.3) is 0 Å². The lowest BCUT2D eigenvalue weighted by Gasteiger charge is -2.48. The maximum atomic E-state index is 12.6. The predicted octanol–water partition coefficient (Wildman–Crippen LogP) is 1.40. The third-order valence-corrected chi connectivity index (χ3v) is 6.14. The zero-order valence-electron chi connectivity index (χ0n) is 14.4. The molecule has 6 nitrogen and oxygen atoms in total. The van der Waals surface area contributed by atoms with Gasteiger partial charge in [-0.1, -0.05) is 0 Å². The molecule has 2 aliphatic heterocycles. The second kappa shape index (κ2) is 8.19. The molecule has 0 aromatic carbocycles. The molecular formula is C18H25N3O3S. The number of carbonyl (C=O) groups excluding carboxylic acids is 2. The summed E-state index contributed by atoms with van der Waals surface area (Å²) in [5.41, 5.74) is -0.00166. The van der Waals surface area contributed by atoms with Crippen molar-refractivity contribution >= 4 is 23.6 Å². The van der Waals surface area contributed by atoms with Crippen LogP contribution in [-0.4, -0.2) is 70.2 Å². The van der Waals surface area contributed by atoms with E-state index in [1.165, 1.54) is 11.8 Å². The monoisotopic (exact) mass is 363 g/mol. The van der Waals surface area contributed by atoms with Gasteiger partial charge in [0.2, 0.25) is 11.8 Å². The van der Waals surface area contributed by atoms with Crippen LogP contribution in [0.15, 0.2) is 29.4 Å². The first-order valence-corrected chi connectivity index (χ1v) is 9.80. The molecule has 1 atom stereocenters. The van der Waals surface area contributed by atoms with Crippen molar-refractivity contribution in [1.29, 1.82) is 0 Å². The number of piperidine rings is 2. The fraction of sp³-hybridized carbons (Fsp3) is 0.611. The van der Waals surface area contributed by atoms with Crippen molar-refractivity contribution in [2.45, 2.75) is 30.6 Å². The van der Waals surface area contributed by atoms with E-state index in [-0.39, 0.29) is 23.8 Å². The summed E-state index contributed by atoms with van der Waals surface area (Å²) in [6.45, 7) is 2.57. The summed E-state index contributed by atoms with van der Waals surface area (Å²) in [4.78, 5) is 33.4. The number of aromatic nitrogens is 1. The summed E-state index contributed by atoms with van der Waals surface area (Å²) < 4.78 is 0. The van der Waals surface area contributed by atoms with Crippen LogP contribution < -0.4 is 0 Å². The van der Waals surface area contributed by atoms with E-state index >= 15 is 0 Å². The van der Waals surface area contributed by atoms with Crippen molar-refractivity contribution in [2.24, 2.45) is 5.41 Å². The van der Waals surface area contributed by atoms with Gasteiger partial charge in [0.15, 0.2) is 0 Å². The number of likely N-dealkylation sites (tertiary alicyclic amines) is 2. The second-order valence-corrected chi connectivity index (χ2v) is 7.98. The molecule has 2 aliphatic rings. The summed E-state index contributed by atoms with van der Waals surface area (Å²) in [7, 11) is 0. The summed E-state index contributed by atoms with van der Waals surface area (Å²) >= 11 is 1.54. The molecule has 1 aromatic heterocycles. The number of hydrogen-bond acceptors (Lipinski definition) is 5. The fourth-order valence-corrected chi connectivity index (χ4v) is 4.64. The Morgan fingerprint density at radius 3 is 2.84 bits per heavy atom. The lowest BCUT2D eigenvalue weighted by Crippen LogP contribution is -2.55. The van der Waals surface area contributed by atoms with E-state index in [1.54, 1.807) is 17.3 Å². The minimum Gasteiger partial charge on any atom is -0.395 e. The average molecular weight is 363 g/mol. The molecule has 3 heterocycles. The smallest absolute Gasteiger partial charge is 0.232 e. The number of nitrogens with zero attached hydrogens (tertiary/aromatic N) is 3. The molecular weight excluding hydrogens is 338 g/mol. The van der Waals surface area contributed by atoms with Crippen LogP contribution in [0, 0.1) is 5.41 Å². The van der Waals surface area contributed by atoms with Gasteiger partial charge in [-0.2, -0.15) is 0 Å². The van der Waals surface area contributed by atoms with Gasteiger partial charge in [-0.25, -0.2) is 0 Å². The van der Waals surface area contributed by atoms with Gasteiger partial charge in [0.25, 0.3) is 0 Å². The Labute approximate surface area is 152 Å². The van der Waals surface area contributed by atoms with Gasteiger partial charge in [0, 0.05) is 55.3 Å². The molecule has 0 bridgehead atoms. The number of hydrogen-bond donors (Lipinski definition) is 1. The molecule has 25 heavy (non-hydrogen) atoms. The highest BCUT2D eigenvalue weighted by molar-refractivity contribution is 8.00. The third kappa shape index (κ3) is 4.52. The van der Waals surface area contributed by atoms with Crippen LogP contribution in [0.2, 0.25) is 0 Å². The predicted molar refractivity (Wildman–Crippen MR) is 96.1 cm³/mol. The van der Waals surface area contributed by atoms with Gasteiger partial charge in [-0.3, -0.25) is 14.6 Å². The zero-order valence-corrected chi connectivity index (χ0v) is 15.2. The highest BCUT2D eigenvalue weighted by Gasteiger charge is 2.42. The molecule has 7 heteroatoms. The molecule has 0 radical (unpaired) electrons. The molecule has 3 rings (SSSR count). The van der Waals surface area contributed by atoms with Gasteiger partial charge in [-0.15, -0.1) is 11.8 Å². The Balaban J connectivity index is 1.58. The highest BCUT2D eigenvalue weighted by Crippen LogP contribution is 2.39. The first-order chi connectivity index (χ1) is 12.1. The minimum absolute atomic E-state index is 0.00166. The molecule has 2 amide bonds. The topological polar surface area (TPSA) is 73.7 Å². The minimum atomic E-state index is -0.00691. The molecule has 1 N–H and O–H groups in total. The van der Waals surface area contributed by atoms with Crippen molar-refractivity contribution in [3.63, 3.8) is 0 Å². The maximum absolute atomic E-state index is 12.6. The van der Waals surface area contributed by atoms with Gasteiger partial charge in [-0.05, 0) is 31.4 Å². The molecule has 0 unspecified atom stereocenters. The number of β-amino-alcohol motifs (C(OH)–C–C–N with tert-alkyl or cyclic N) is 1. The highest BCUT2D eigenvalue weighted by atomic mass is 32.2. The number of carbonyl (C=O) groups is 2. The fourth-order valence-electron chi connectivity index (χ4n) is 3.85. The average Bonchev–Trinajstić information content (AvgIpc) is 2.64. The Bertz CT molecular complexity index is 613. The number of thioether (sulfide) groups is 1. The Hall–Kier alpha value is -1.60. The van der Waals surface area contributed by atoms with Crippen molar-refractivity contribution in [1.82, 2.24) is 14.8 Å². The molecule has 136 valence electrons. The van der Waals surface area contributed by atoms with Crippen molar-refractivity contribution < 1.29 is 14.7 Å². The first-order valence-electron chi connectivity index (χ1n) is 8.81. The van der Waals surface area contributed by atoms with E-state index in [4.69, 9.17) is 0 Å². The van der Waals surface area contributed by atoms with Crippen molar-refractivity contribution in [2.75, 3.05) is 38.5 Å². The van der Waals surface area contributed by atoms with E-state index in [9.17, 15) is 14.7 Å². The van der Waals surface area contributed by atoms with Gasteiger partial charge in [0.05, 0.1) is 12.4 Å². The lowest BCUT2D eigenvalue weighted by atomic mass is 9.73. The number of amides is 2. The van der Waals surface area contributed by atoms with Crippen LogP contribution in [-0.2, 0) is 9.59 Å². The van der Waals surface area contributed by atoms with E-state index < -0.39 is 0 Å². The standard InChI is InChI=1S/C18H25N3O3S/c22-11-10-21-14-18(6-2-16(21)23)5-1-9-20(13-18)17(24)12-25-15-3-7-19-8-4-15/h3-4,7-8,22H,1-2,5-6,9-14H2/t18-/m0/s1. The Morgan fingerprint density at radius 2 is 2.08 bits per heavy atom. The number of aliphatic hydroxyl groups excluding tert-OH is 1. The third-order valence-electron chi connectivity index (χ3n) is 5.14. The number of rotatable bonds is 5. The number of aliphatic hydroxyl groups is 1. The van der Waals surface area contributed by atoms with Crippen LogP contribution in [0.1, 0.15) is 25.7 Å². The zero-order chi connectivity index (χ0) is 17.7. The summed E-state index contributed by atoms with van der Waals surface area (Å²) in [6, 6.07) is 3.82. The summed E-state index contributed by atoms with van der Waals surface area (Å²) in [5, 5.41) is 9.18. The van der Waals surface area contributed by atoms with E-state index in [1.807, 2.05) is 17.0 Å². The van der Waals surface area contributed by atoms with Gasteiger partial charge >= 0.3 is 0 Å². The molecule has 2 fully saturated rings. The van der Waals surface area contributed by atoms with E-state index in [0.29, 0.717) is 25.3 Å². The van der Waals surface area contributed by atoms with E-state index in [0.717, 1.165) is 37.2 Å².